The number of aliphatic carboxylic acids is 1. The van der Waals surface area contributed by atoms with Gasteiger partial charge in [-0.25, -0.2) is 4.39 Å². The van der Waals surface area contributed by atoms with Gasteiger partial charge >= 0.3 is 5.97 Å². The molecule has 3 N–H and O–H groups in total. The number of benzene rings is 1. The van der Waals surface area contributed by atoms with E-state index in [0.717, 1.165) is 0 Å². The molecule has 1 aromatic carbocycles. The summed E-state index contributed by atoms with van der Waals surface area (Å²) in [7, 11) is 0. The molecule has 0 aliphatic carbocycles. The average Bonchev–Trinajstić information content (AvgIpc) is 2.09. The number of aryl methyl sites for hydroxylation is 1. The minimum atomic E-state index is -1.00. The van der Waals surface area contributed by atoms with Crippen molar-refractivity contribution in [2.24, 2.45) is 5.73 Å². The van der Waals surface area contributed by atoms with Crippen molar-refractivity contribution in [1.29, 1.82) is 0 Å². The van der Waals surface area contributed by atoms with Crippen LogP contribution in [0.2, 0.25) is 0 Å². The molecule has 5 heteroatoms. The standard InChI is InChI=1S/C10H11BrFNO2/c1-5-2-6(8(13)4-9(14)15)10(11)7(12)3-5/h2-3,8H,4,13H2,1H3,(H,14,15). The maximum atomic E-state index is 13.3. The van der Waals surface area contributed by atoms with Crippen LogP contribution in [0.1, 0.15) is 23.6 Å². The van der Waals surface area contributed by atoms with E-state index in [0.29, 0.717) is 11.1 Å². The summed E-state index contributed by atoms with van der Waals surface area (Å²) in [6.07, 6.45) is -0.221. The number of nitrogens with two attached hydrogens (primary N) is 1. The first kappa shape index (κ1) is 12.1. The van der Waals surface area contributed by atoms with E-state index < -0.39 is 17.8 Å². The summed E-state index contributed by atoms with van der Waals surface area (Å²) in [4.78, 5) is 10.5. The van der Waals surface area contributed by atoms with Gasteiger partial charge in [0, 0.05) is 6.04 Å². The molecule has 0 bridgehead atoms. The minimum Gasteiger partial charge on any atom is -0.481 e. The van der Waals surface area contributed by atoms with Gasteiger partial charge in [-0.1, -0.05) is 6.07 Å². The Morgan fingerprint density at radius 3 is 2.80 bits per heavy atom. The maximum Gasteiger partial charge on any atom is 0.305 e. The molecule has 0 aromatic heterocycles. The monoisotopic (exact) mass is 275 g/mol. The van der Waals surface area contributed by atoms with Crippen molar-refractivity contribution in [1.82, 2.24) is 0 Å². The molecule has 1 rings (SSSR count). The van der Waals surface area contributed by atoms with E-state index in [2.05, 4.69) is 15.9 Å². The van der Waals surface area contributed by atoms with Crippen molar-refractivity contribution in [3.63, 3.8) is 0 Å². The van der Waals surface area contributed by atoms with Crippen LogP contribution in [0, 0.1) is 12.7 Å². The number of carboxylic acids is 1. The second-order valence-corrected chi connectivity index (χ2v) is 4.15. The van der Waals surface area contributed by atoms with Crippen LogP contribution in [0.25, 0.3) is 0 Å². The number of carbonyl (C=O) groups is 1. The Labute approximate surface area is 95.2 Å². The first-order valence-corrected chi connectivity index (χ1v) is 5.14. The van der Waals surface area contributed by atoms with E-state index >= 15 is 0 Å². The van der Waals surface area contributed by atoms with E-state index in [-0.39, 0.29) is 10.9 Å². The predicted octanol–water partition coefficient (Wildman–Crippen LogP) is 2.37. The number of halogens is 2. The molecule has 1 unspecified atom stereocenters. The lowest BCUT2D eigenvalue weighted by atomic mass is 10.0. The summed E-state index contributed by atoms with van der Waals surface area (Å²) < 4.78 is 13.5. The second kappa shape index (κ2) is 4.72. The first-order chi connectivity index (χ1) is 6.91. The zero-order chi connectivity index (χ0) is 11.6. The molecule has 0 heterocycles. The van der Waals surface area contributed by atoms with Crippen LogP contribution >= 0.6 is 15.9 Å². The van der Waals surface area contributed by atoms with E-state index in [1.165, 1.54) is 6.07 Å². The molecule has 1 aromatic rings. The third-order valence-corrected chi connectivity index (χ3v) is 2.83. The zero-order valence-corrected chi connectivity index (χ0v) is 9.71. The van der Waals surface area contributed by atoms with Crippen LogP contribution in [-0.2, 0) is 4.79 Å². The van der Waals surface area contributed by atoms with E-state index in [1.807, 2.05) is 0 Å². The van der Waals surface area contributed by atoms with Gasteiger partial charge < -0.3 is 10.8 Å². The van der Waals surface area contributed by atoms with Gasteiger partial charge in [0.15, 0.2) is 0 Å². The van der Waals surface area contributed by atoms with Gasteiger partial charge in [0.1, 0.15) is 5.82 Å². The van der Waals surface area contributed by atoms with E-state index in [9.17, 15) is 9.18 Å². The van der Waals surface area contributed by atoms with Crippen molar-refractivity contribution in [2.75, 3.05) is 0 Å². The van der Waals surface area contributed by atoms with E-state index in [4.69, 9.17) is 10.8 Å². The van der Waals surface area contributed by atoms with Crippen LogP contribution < -0.4 is 5.73 Å². The lowest BCUT2D eigenvalue weighted by Gasteiger charge is -2.13. The van der Waals surface area contributed by atoms with Crippen LogP contribution in [0.5, 0.6) is 0 Å². The highest BCUT2D eigenvalue weighted by atomic mass is 79.9. The van der Waals surface area contributed by atoms with Gasteiger partial charge in [-0.3, -0.25) is 4.79 Å². The second-order valence-electron chi connectivity index (χ2n) is 3.35. The highest BCUT2D eigenvalue weighted by Crippen LogP contribution is 2.28. The van der Waals surface area contributed by atoms with Crippen molar-refractivity contribution < 1.29 is 14.3 Å². The molecular formula is C10H11BrFNO2. The van der Waals surface area contributed by atoms with Crippen LogP contribution in [0.3, 0.4) is 0 Å². The number of carboxylic acid groups (broad SMARTS) is 1. The third-order valence-electron chi connectivity index (χ3n) is 1.99. The van der Waals surface area contributed by atoms with Gasteiger partial charge in [0.25, 0.3) is 0 Å². The summed E-state index contributed by atoms with van der Waals surface area (Å²) in [5.41, 5.74) is 6.85. The number of hydrogen-bond donors (Lipinski definition) is 2. The Morgan fingerprint density at radius 2 is 2.27 bits per heavy atom. The molecule has 0 radical (unpaired) electrons. The fourth-order valence-corrected chi connectivity index (χ4v) is 1.84. The first-order valence-electron chi connectivity index (χ1n) is 4.34. The Morgan fingerprint density at radius 1 is 1.67 bits per heavy atom. The fraction of sp³-hybridized carbons (Fsp3) is 0.300. The Balaban J connectivity index is 3.07. The van der Waals surface area contributed by atoms with Crippen LogP contribution in [0.4, 0.5) is 4.39 Å². The summed E-state index contributed by atoms with van der Waals surface area (Å²) in [6.45, 7) is 1.73. The molecule has 0 amide bonds. The molecule has 3 nitrogen and oxygen atoms in total. The predicted molar refractivity (Wildman–Crippen MR) is 58.0 cm³/mol. The molecule has 0 spiro atoms. The highest BCUT2D eigenvalue weighted by molar-refractivity contribution is 9.10. The lowest BCUT2D eigenvalue weighted by Crippen LogP contribution is -2.16. The van der Waals surface area contributed by atoms with Gasteiger partial charge in [0.2, 0.25) is 0 Å². The molecule has 15 heavy (non-hydrogen) atoms. The SMILES string of the molecule is Cc1cc(F)c(Br)c(C(N)CC(=O)O)c1. The van der Waals surface area contributed by atoms with E-state index in [1.54, 1.807) is 13.0 Å². The average molecular weight is 276 g/mol. The molecule has 82 valence electrons. The quantitative estimate of drug-likeness (QED) is 0.890. The highest BCUT2D eigenvalue weighted by Gasteiger charge is 2.16. The zero-order valence-electron chi connectivity index (χ0n) is 8.13. The summed E-state index contributed by atoms with van der Waals surface area (Å²) in [6, 6.07) is 2.34. The maximum absolute atomic E-state index is 13.3. The number of rotatable bonds is 3. The molecule has 0 fully saturated rings. The molecule has 0 aliphatic heterocycles. The summed E-state index contributed by atoms with van der Waals surface area (Å²) >= 11 is 3.06. The van der Waals surface area contributed by atoms with Crippen molar-refractivity contribution >= 4 is 21.9 Å². The van der Waals surface area contributed by atoms with Crippen molar-refractivity contribution in [3.8, 4) is 0 Å². The molecular weight excluding hydrogens is 265 g/mol. The lowest BCUT2D eigenvalue weighted by molar-refractivity contribution is -0.137. The molecule has 1 atom stereocenters. The van der Waals surface area contributed by atoms with Gasteiger partial charge in [-0.05, 0) is 40.0 Å². The Kier molecular flexibility index (Phi) is 3.82. The largest absolute Gasteiger partial charge is 0.481 e. The van der Waals surface area contributed by atoms with Gasteiger partial charge in [-0.2, -0.15) is 0 Å². The smallest absolute Gasteiger partial charge is 0.305 e. The summed E-state index contributed by atoms with van der Waals surface area (Å²) in [5, 5.41) is 8.59. The molecule has 0 saturated carbocycles. The van der Waals surface area contributed by atoms with Gasteiger partial charge in [-0.15, -0.1) is 0 Å². The topological polar surface area (TPSA) is 63.3 Å². The van der Waals surface area contributed by atoms with Crippen LogP contribution in [-0.4, -0.2) is 11.1 Å². The van der Waals surface area contributed by atoms with Crippen molar-refractivity contribution in [3.05, 3.63) is 33.5 Å². The fourth-order valence-electron chi connectivity index (χ4n) is 1.32. The third kappa shape index (κ3) is 3.00. The van der Waals surface area contributed by atoms with Crippen LogP contribution in [0.15, 0.2) is 16.6 Å². The van der Waals surface area contributed by atoms with Crippen molar-refractivity contribution in [2.45, 2.75) is 19.4 Å². The Bertz CT molecular complexity index is 395. The van der Waals surface area contributed by atoms with Gasteiger partial charge in [0.05, 0.1) is 10.9 Å². The number of hydrogen-bond acceptors (Lipinski definition) is 2. The molecule has 0 saturated heterocycles. The molecule has 0 aliphatic rings. The summed E-state index contributed by atoms with van der Waals surface area (Å²) in [5.74, 6) is -1.43. The Hall–Kier alpha value is -0.940. The minimum absolute atomic E-state index is 0.221. The normalized spacial score (nSPS) is 12.5.